The molecule has 1 saturated carbocycles. The summed E-state index contributed by atoms with van der Waals surface area (Å²) in [5.74, 6) is -0.478. The Bertz CT molecular complexity index is 1010. The van der Waals surface area contributed by atoms with Crippen LogP contribution in [0, 0.1) is 5.82 Å². The highest BCUT2D eigenvalue weighted by atomic mass is 32.2. The van der Waals surface area contributed by atoms with Crippen LogP contribution in [0.25, 0.3) is 0 Å². The van der Waals surface area contributed by atoms with Crippen LogP contribution < -0.4 is 0 Å². The van der Waals surface area contributed by atoms with Crippen LogP contribution >= 0.6 is 0 Å². The minimum Gasteiger partial charge on any atom is -0.331 e. The predicted octanol–water partition coefficient (Wildman–Crippen LogP) is 4.59. The van der Waals surface area contributed by atoms with Crippen molar-refractivity contribution in [3.05, 3.63) is 65.5 Å². The van der Waals surface area contributed by atoms with Crippen molar-refractivity contribution in [2.45, 2.75) is 62.4 Å². The molecule has 2 aromatic carbocycles. The summed E-state index contributed by atoms with van der Waals surface area (Å²) in [6, 6.07) is 12.7. The Balaban J connectivity index is 1.62. The van der Waals surface area contributed by atoms with E-state index in [1.54, 1.807) is 30.3 Å². The lowest BCUT2D eigenvalue weighted by Crippen LogP contribution is -2.41. The van der Waals surface area contributed by atoms with Gasteiger partial charge in [-0.3, -0.25) is 4.79 Å². The number of carbonyl (C=O) groups is 1. The second-order valence-electron chi connectivity index (χ2n) is 8.49. The number of rotatable bonds is 6. The fourth-order valence-electron chi connectivity index (χ4n) is 4.58. The van der Waals surface area contributed by atoms with Crippen molar-refractivity contribution in [3.63, 3.8) is 0 Å². The number of carbonyl (C=O) groups excluding carboxylic acids is 1. The van der Waals surface area contributed by atoms with Crippen LogP contribution in [-0.4, -0.2) is 42.7 Å². The van der Waals surface area contributed by atoms with Crippen molar-refractivity contribution in [1.82, 2.24) is 9.21 Å². The van der Waals surface area contributed by atoms with E-state index in [9.17, 15) is 17.6 Å². The molecule has 5 nitrogen and oxygen atoms in total. The third-order valence-corrected chi connectivity index (χ3v) is 8.22. The van der Waals surface area contributed by atoms with Gasteiger partial charge in [0.2, 0.25) is 10.0 Å². The maximum Gasteiger partial charge on any atom is 0.254 e. The Morgan fingerprint density at radius 2 is 1.65 bits per heavy atom. The van der Waals surface area contributed by atoms with E-state index in [2.05, 4.69) is 0 Å². The van der Waals surface area contributed by atoms with Crippen molar-refractivity contribution in [2.24, 2.45) is 0 Å². The van der Waals surface area contributed by atoms with Crippen molar-refractivity contribution >= 4 is 15.9 Å². The first-order valence-corrected chi connectivity index (χ1v) is 12.5. The molecule has 1 aliphatic heterocycles. The number of benzene rings is 2. The maximum atomic E-state index is 13.6. The monoisotopic (exact) mass is 444 g/mol. The van der Waals surface area contributed by atoms with Crippen molar-refractivity contribution in [2.75, 3.05) is 13.1 Å². The van der Waals surface area contributed by atoms with Gasteiger partial charge in [-0.05, 0) is 61.6 Å². The quantitative estimate of drug-likeness (QED) is 0.655. The molecular weight excluding hydrogens is 415 g/mol. The van der Waals surface area contributed by atoms with Crippen LogP contribution in [0.5, 0.6) is 0 Å². The Hall–Kier alpha value is -2.25. The molecule has 31 heavy (non-hydrogen) atoms. The third kappa shape index (κ3) is 4.99. The van der Waals surface area contributed by atoms with Gasteiger partial charge in [0.05, 0.1) is 4.90 Å². The summed E-state index contributed by atoms with van der Waals surface area (Å²) < 4.78 is 40.8. The van der Waals surface area contributed by atoms with Crippen LogP contribution in [0.4, 0.5) is 4.39 Å². The molecular formula is C24H29FN2O3S. The number of hydrogen-bond donors (Lipinski definition) is 0. The molecule has 0 bridgehead atoms. The van der Waals surface area contributed by atoms with E-state index >= 15 is 0 Å². The molecule has 0 N–H and O–H groups in total. The number of hydrogen-bond acceptors (Lipinski definition) is 3. The summed E-state index contributed by atoms with van der Waals surface area (Å²) in [4.78, 5) is 15.6. The topological polar surface area (TPSA) is 57.7 Å². The van der Waals surface area contributed by atoms with Crippen LogP contribution in [-0.2, 0) is 16.6 Å². The van der Waals surface area contributed by atoms with Gasteiger partial charge >= 0.3 is 0 Å². The van der Waals surface area contributed by atoms with Gasteiger partial charge < -0.3 is 4.90 Å². The van der Waals surface area contributed by atoms with E-state index in [1.807, 2.05) is 4.90 Å². The highest BCUT2D eigenvalue weighted by Gasteiger charge is 2.30. The van der Waals surface area contributed by atoms with Gasteiger partial charge in [-0.25, -0.2) is 12.8 Å². The van der Waals surface area contributed by atoms with Gasteiger partial charge in [0, 0.05) is 31.2 Å². The van der Waals surface area contributed by atoms with Crippen LogP contribution in [0.2, 0.25) is 0 Å². The SMILES string of the molecule is O=C(c1cccc(S(=O)(=O)N2CCCC2)c1)N(Cc1ccc(F)cc1)C1CCCCC1. The molecule has 0 radical (unpaired) electrons. The summed E-state index contributed by atoms with van der Waals surface area (Å²) in [6.45, 7) is 1.44. The molecule has 0 spiro atoms. The Morgan fingerprint density at radius 1 is 0.968 bits per heavy atom. The first-order chi connectivity index (χ1) is 14.9. The Morgan fingerprint density at radius 3 is 2.32 bits per heavy atom. The second-order valence-corrected chi connectivity index (χ2v) is 10.4. The lowest BCUT2D eigenvalue weighted by Gasteiger charge is -2.34. The average Bonchev–Trinajstić information content (AvgIpc) is 3.35. The zero-order chi connectivity index (χ0) is 21.8. The van der Waals surface area contributed by atoms with Crippen molar-refractivity contribution < 1.29 is 17.6 Å². The molecule has 1 aliphatic carbocycles. The Labute approximate surface area is 183 Å². The minimum absolute atomic E-state index is 0.102. The Kier molecular flexibility index (Phi) is 6.72. The highest BCUT2D eigenvalue weighted by Crippen LogP contribution is 2.27. The van der Waals surface area contributed by atoms with Crippen LogP contribution in [0.3, 0.4) is 0 Å². The van der Waals surface area contributed by atoms with E-state index in [-0.39, 0.29) is 22.7 Å². The summed E-state index contributed by atoms with van der Waals surface area (Å²) in [6.07, 6.45) is 6.90. The first-order valence-electron chi connectivity index (χ1n) is 11.1. The molecule has 0 unspecified atom stereocenters. The maximum absolute atomic E-state index is 13.6. The molecule has 7 heteroatoms. The van der Waals surface area contributed by atoms with E-state index in [0.717, 1.165) is 44.1 Å². The normalized spacial score (nSPS) is 18.2. The van der Waals surface area contributed by atoms with E-state index in [0.29, 0.717) is 25.2 Å². The molecule has 2 aromatic rings. The van der Waals surface area contributed by atoms with E-state index < -0.39 is 10.0 Å². The van der Waals surface area contributed by atoms with Crippen LogP contribution in [0.1, 0.15) is 60.9 Å². The van der Waals surface area contributed by atoms with Gasteiger partial charge in [0.15, 0.2) is 0 Å². The number of halogens is 1. The smallest absolute Gasteiger partial charge is 0.254 e. The minimum atomic E-state index is -3.59. The standard InChI is InChI=1S/C24H29FN2O3S/c25-21-13-11-19(12-14-21)18-27(22-8-2-1-3-9-22)24(28)20-7-6-10-23(17-20)31(29,30)26-15-4-5-16-26/h6-7,10-14,17,22H,1-5,8-9,15-16,18H2. The first kappa shape index (κ1) is 22.0. The van der Waals surface area contributed by atoms with Crippen molar-refractivity contribution in [3.8, 4) is 0 Å². The fraction of sp³-hybridized carbons (Fsp3) is 0.458. The largest absolute Gasteiger partial charge is 0.331 e. The molecule has 1 amide bonds. The summed E-state index contributed by atoms with van der Waals surface area (Å²) in [5.41, 5.74) is 1.24. The fourth-order valence-corrected chi connectivity index (χ4v) is 6.14. The number of sulfonamides is 1. The lowest BCUT2D eigenvalue weighted by molar-refractivity contribution is 0.0614. The second kappa shape index (κ2) is 9.49. The average molecular weight is 445 g/mol. The molecule has 1 heterocycles. The van der Waals surface area contributed by atoms with Gasteiger partial charge in [-0.2, -0.15) is 4.31 Å². The van der Waals surface area contributed by atoms with Gasteiger partial charge in [-0.1, -0.05) is 37.5 Å². The van der Waals surface area contributed by atoms with Crippen molar-refractivity contribution in [1.29, 1.82) is 0 Å². The third-order valence-electron chi connectivity index (χ3n) is 6.33. The molecule has 0 aromatic heterocycles. The summed E-state index contributed by atoms with van der Waals surface area (Å²) in [5, 5.41) is 0. The molecule has 2 aliphatic rings. The highest BCUT2D eigenvalue weighted by molar-refractivity contribution is 7.89. The van der Waals surface area contributed by atoms with Gasteiger partial charge in [-0.15, -0.1) is 0 Å². The number of nitrogens with zero attached hydrogens (tertiary/aromatic N) is 2. The van der Waals surface area contributed by atoms with Gasteiger partial charge in [0.25, 0.3) is 5.91 Å². The molecule has 166 valence electrons. The number of amides is 1. The van der Waals surface area contributed by atoms with Crippen LogP contribution in [0.15, 0.2) is 53.4 Å². The zero-order valence-electron chi connectivity index (χ0n) is 17.7. The zero-order valence-corrected chi connectivity index (χ0v) is 18.5. The molecule has 2 fully saturated rings. The van der Waals surface area contributed by atoms with E-state index in [4.69, 9.17) is 0 Å². The summed E-state index contributed by atoms with van der Waals surface area (Å²) >= 11 is 0. The molecule has 0 atom stereocenters. The predicted molar refractivity (Wildman–Crippen MR) is 118 cm³/mol. The molecule has 1 saturated heterocycles. The lowest BCUT2D eigenvalue weighted by atomic mass is 9.93. The van der Waals surface area contributed by atoms with E-state index in [1.165, 1.54) is 28.9 Å². The molecule has 4 rings (SSSR count). The summed E-state index contributed by atoms with van der Waals surface area (Å²) in [7, 11) is -3.59. The van der Waals surface area contributed by atoms with Gasteiger partial charge in [0.1, 0.15) is 5.82 Å².